The van der Waals surface area contributed by atoms with Crippen LogP contribution in [-0.2, 0) is 0 Å². The monoisotopic (exact) mass is 386 g/mol. The molecule has 1 saturated heterocycles. The predicted molar refractivity (Wildman–Crippen MR) is 102 cm³/mol. The van der Waals surface area contributed by atoms with Crippen molar-refractivity contribution in [1.29, 1.82) is 0 Å². The Kier molecular flexibility index (Phi) is 6.13. The van der Waals surface area contributed by atoms with Crippen molar-refractivity contribution in [2.75, 3.05) is 27.3 Å². The van der Waals surface area contributed by atoms with Gasteiger partial charge >= 0.3 is 0 Å². The molecule has 1 aliphatic rings. The highest BCUT2D eigenvalue weighted by atomic mass is 19.1. The number of piperidine rings is 1. The summed E-state index contributed by atoms with van der Waals surface area (Å²) in [6.07, 6.45) is 1.31. The molecular weight excluding hydrogens is 363 g/mol. The highest BCUT2D eigenvalue weighted by molar-refractivity contribution is 5.95. The molecule has 0 bridgehead atoms. The van der Waals surface area contributed by atoms with Gasteiger partial charge in [0.05, 0.1) is 14.2 Å². The van der Waals surface area contributed by atoms with Crippen molar-refractivity contribution >= 4 is 11.8 Å². The van der Waals surface area contributed by atoms with Crippen molar-refractivity contribution in [3.63, 3.8) is 0 Å². The molecule has 1 N–H and O–H groups in total. The zero-order chi connectivity index (χ0) is 20.1. The van der Waals surface area contributed by atoms with Crippen LogP contribution in [0.25, 0.3) is 0 Å². The van der Waals surface area contributed by atoms with E-state index >= 15 is 0 Å². The number of carbonyl (C=O) groups is 2. The summed E-state index contributed by atoms with van der Waals surface area (Å²) in [6, 6.07) is 10.5. The second-order valence-electron chi connectivity index (χ2n) is 6.65. The lowest BCUT2D eigenvalue weighted by Gasteiger charge is -2.32. The number of nitrogens with zero attached hydrogens (tertiary/aromatic N) is 1. The largest absolute Gasteiger partial charge is 0.497 e. The third-order valence-corrected chi connectivity index (χ3v) is 4.82. The van der Waals surface area contributed by atoms with Gasteiger partial charge in [-0.3, -0.25) is 9.59 Å². The molecule has 2 aromatic rings. The molecule has 0 atom stereocenters. The Balaban J connectivity index is 1.58. The van der Waals surface area contributed by atoms with Crippen LogP contribution in [0, 0.1) is 5.82 Å². The number of carbonyl (C=O) groups excluding carboxylic acids is 2. The van der Waals surface area contributed by atoms with Crippen molar-refractivity contribution in [1.82, 2.24) is 10.2 Å². The fourth-order valence-corrected chi connectivity index (χ4v) is 3.21. The average molecular weight is 386 g/mol. The molecule has 7 heteroatoms. The van der Waals surface area contributed by atoms with Gasteiger partial charge in [-0.25, -0.2) is 4.39 Å². The van der Waals surface area contributed by atoms with E-state index in [4.69, 9.17) is 9.47 Å². The van der Waals surface area contributed by atoms with Crippen LogP contribution in [0.15, 0.2) is 42.5 Å². The highest BCUT2D eigenvalue weighted by Crippen LogP contribution is 2.24. The number of hydrogen-bond donors (Lipinski definition) is 1. The topological polar surface area (TPSA) is 67.9 Å². The van der Waals surface area contributed by atoms with E-state index in [1.54, 1.807) is 37.3 Å². The van der Waals surface area contributed by atoms with Crippen LogP contribution in [0.3, 0.4) is 0 Å². The van der Waals surface area contributed by atoms with Gasteiger partial charge < -0.3 is 19.7 Å². The minimum absolute atomic E-state index is 0.0264. The summed E-state index contributed by atoms with van der Waals surface area (Å²) in [7, 11) is 3.08. The predicted octanol–water partition coefficient (Wildman–Crippen LogP) is 2.88. The van der Waals surface area contributed by atoms with Gasteiger partial charge in [-0.15, -0.1) is 0 Å². The summed E-state index contributed by atoms with van der Waals surface area (Å²) in [5.41, 5.74) is 0.924. The number of ether oxygens (including phenoxy) is 2. The van der Waals surface area contributed by atoms with E-state index in [0.717, 1.165) is 0 Å². The molecular formula is C21H23FN2O4. The Morgan fingerprint density at radius 1 is 0.964 bits per heavy atom. The van der Waals surface area contributed by atoms with E-state index in [1.807, 2.05) is 0 Å². The first kappa shape index (κ1) is 19.7. The molecule has 0 aromatic heterocycles. The van der Waals surface area contributed by atoms with Gasteiger partial charge in [0.1, 0.15) is 17.3 Å². The minimum atomic E-state index is -0.377. The van der Waals surface area contributed by atoms with Crippen LogP contribution in [0.1, 0.15) is 33.6 Å². The molecule has 2 amide bonds. The number of amides is 2. The SMILES string of the molecule is COc1cc(OC)cc(C(=O)N2CCC(NC(=O)c3ccc(F)cc3)CC2)c1. The Hall–Kier alpha value is -3.09. The van der Waals surface area contributed by atoms with Crippen molar-refractivity contribution in [2.24, 2.45) is 0 Å². The summed E-state index contributed by atoms with van der Waals surface area (Å²) >= 11 is 0. The van der Waals surface area contributed by atoms with Gasteiger partial charge in [0.15, 0.2) is 0 Å². The second kappa shape index (κ2) is 8.73. The second-order valence-corrected chi connectivity index (χ2v) is 6.65. The molecule has 2 aromatic carbocycles. The number of methoxy groups -OCH3 is 2. The lowest BCUT2D eigenvalue weighted by molar-refractivity contribution is 0.0697. The van der Waals surface area contributed by atoms with Crippen molar-refractivity contribution in [3.05, 3.63) is 59.4 Å². The molecule has 1 aliphatic heterocycles. The fraction of sp³-hybridized carbons (Fsp3) is 0.333. The molecule has 0 unspecified atom stereocenters. The summed E-state index contributed by atoms with van der Waals surface area (Å²) < 4.78 is 23.4. The maximum absolute atomic E-state index is 13.0. The number of nitrogens with one attached hydrogen (secondary N) is 1. The molecule has 148 valence electrons. The quantitative estimate of drug-likeness (QED) is 0.858. The zero-order valence-electron chi connectivity index (χ0n) is 15.9. The highest BCUT2D eigenvalue weighted by Gasteiger charge is 2.25. The van der Waals surface area contributed by atoms with E-state index in [1.165, 1.54) is 24.3 Å². The molecule has 0 saturated carbocycles. The summed E-state index contributed by atoms with van der Waals surface area (Å²) in [6.45, 7) is 1.07. The molecule has 1 heterocycles. The van der Waals surface area contributed by atoms with Gasteiger partial charge in [0.25, 0.3) is 11.8 Å². The first-order valence-electron chi connectivity index (χ1n) is 9.09. The molecule has 6 nitrogen and oxygen atoms in total. The Bertz CT molecular complexity index is 824. The van der Waals surface area contributed by atoms with E-state index in [9.17, 15) is 14.0 Å². The number of rotatable bonds is 5. The maximum Gasteiger partial charge on any atom is 0.254 e. The fourth-order valence-electron chi connectivity index (χ4n) is 3.21. The van der Waals surface area contributed by atoms with Gasteiger partial charge in [-0.05, 0) is 49.2 Å². The lowest BCUT2D eigenvalue weighted by atomic mass is 10.0. The maximum atomic E-state index is 13.0. The Morgan fingerprint density at radius 3 is 2.07 bits per heavy atom. The number of benzene rings is 2. The van der Waals surface area contributed by atoms with Gasteiger partial charge in [0, 0.05) is 36.3 Å². The summed E-state index contributed by atoms with van der Waals surface area (Å²) in [4.78, 5) is 26.8. The molecule has 3 rings (SSSR count). The van der Waals surface area contributed by atoms with Crippen LogP contribution in [0.4, 0.5) is 4.39 Å². The van der Waals surface area contributed by atoms with Crippen LogP contribution in [0.2, 0.25) is 0 Å². The van der Waals surface area contributed by atoms with Crippen LogP contribution >= 0.6 is 0 Å². The first-order chi connectivity index (χ1) is 13.5. The van der Waals surface area contributed by atoms with Crippen LogP contribution in [-0.4, -0.2) is 50.1 Å². The number of hydrogen-bond acceptors (Lipinski definition) is 4. The standard InChI is InChI=1S/C21H23FN2O4/c1-27-18-11-15(12-19(13-18)28-2)21(26)24-9-7-17(8-10-24)23-20(25)14-3-5-16(22)6-4-14/h3-6,11-13,17H,7-10H2,1-2H3,(H,23,25). The molecule has 0 radical (unpaired) electrons. The zero-order valence-corrected chi connectivity index (χ0v) is 15.9. The third-order valence-electron chi connectivity index (χ3n) is 4.82. The van der Waals surface area contributed by atoms with Crippen molar-refractivity contribution in [2.45, 2.75) is 18.9 Å². The van der Waals surface area contributed by atoms with Crippen LogP contribution < -0.4 is 14.8 Å². The van der Waals surface area contributed by atoms with Gasteiger partial charge in [0.2, 0.25) is 0 Å². The van der Waals surface area contributed by atoms with E-state index < -0.39 is 0 Å². The Morgan fingerprint density at radius 2 is 1.54 bits per heavy atom. The number of halogens is 1. The molecule has 0 aliphatic carbocycles. The minimum Gasteiger partial charge on any atom is -0.497 e. The Labute approximate surface area is 163 Å². The summed E-state index contributed by atoms with van der Waals surface area (Å²) in [5, 5.41) is 2.95. The van der Waals surface area contributed by atoms with Crippen molar-refractivity contribution in [3.8, 4) is 11.5 Å². The smallest absolute Gasteiger partial charge is 0.254 e. The average Bonchev–Trinajstić information content (AvgIpc) is 2.73. The lowest BCUT2D eigenvalue weighted by Crippen LogP contribution is -2.46. The third kappa shape index (κ3) is 4.60. The molecule has 28 heavy (non-hydrogen) atoms. The van der Waals surface area contributed by atoms with Gasteiger partial charge in [-0.2, -0.15) is 0 Å². The van der Waals surface area contributed by atoms with Gasteiger partial charge in [-0.1, -0.05) is 0 Å². The van der Waals surface area contributed by atoms with Crippen molar-refractivity contribution < 1.29 is 23.5 Å². The summed E-state index contributed by atoms with van der Waals surface area (Å²) in [5.74, 6) is 0.411. The first-order valence-corrected chi connectivity index (χ1v) is 9.09. The van der Waals surface area contributed by atoms with E-state index in [0.29, 0.717) is 48.6 Å². The van der Waals surface area contributed by atoms with E-state index in [-0.39, 0.29) is 23.7 Å². The van der Waals surface area contributed by atoms with Crippen LogP contribution in [0.5, 0.6) is 11.5 Å². The molecule has 1 fully saturated rings. The molecule has 0 spiro atoms. The normalized spacial score (nSPS) is 14.5. The number of likely N-dealkylation sites (tertiary alicyclic amines) is 1. The van der Waals surface area contributed by atoms with E-state index in [2.05, 4.69) is 5.32 Å².